The van der Waals surface area contributed by atoms with Crippen LogP contribution < -0.4 is 14.8 Å². The first-order chi connectivity index (χ1) is 17.4. The third-order valence-corrected chi connectivity index (χ3v) is 8.43. The highest BCUT2D eigenvalue weighted by atomic mass is 16.5. The number of carbonyl (C=O) groups excluding carboxylic acids is 1. The quantitative estimate of drug-likeness (QED) is 0.544. The molecule has 3 fully saturated rings. The molecule has 2 aromatic carbocycles. The van der Waals surface area contributed by atoms with E-state index in [2.05, 4.69) is 22.3 Å². The van der Waals surface area contributed by atoms with Gasteiger partial charge in [0.05, 0.1) is 19.8 Å². The van der Waals surface area contributed by atoms with Crippen LogP contribution in [0.3, 0.4) is 0 Å². The maximum absolute atomic E-state index is 12.9. The average Bonchev–Trinajstić information content (AvgIpc) is 3.72. The van der Waals surface area contributed by atoms with Crippen LogP contribution in [-0.2, 0) is 10.2 Å². The van der Waals surface area contributed by atoms with Gasteiger partial charge in [0.15, 0.2) is 0 Å². The Hall–Kier alpha value is -2.83. The molecule has 36 heavy (non-hydrogen) atoms. The minimum Gasteiger partial charge on any atom is -0.497 e. The van der Waals surface area contributed by atoms with E-state index in [-0.39, 0.29) is 11.9 Å². The van der Waals surface area contributed by atoms with Gasteiger partial charge in [-0.15, -0.1) is 0 Å². The average molecular weight is 491 g/mol. The summed E-state index contributed by atoms with van der Waals surface area (Å²) in [7, 11) is 3.31. The van der Waals surface area contributed by atoms with Crippen molar-refractivity contribution < 1.29 is 19.4 Å². The number of amides is 1. The lowest BCUT2D eigenvalue weighted by molar-refractivity contribution is -0.132. The first-order valence-corrected chi connectivity index (χ1v) is 13.1. The Morgan fingerprint density at radius 1 is 1.08 bits per heavy atom. The number of piperidine rings is 1. The zero-order chi connectivity index (χ0) is 25.2. The van der Waals surface area contributed by atoms with E-state index in [1.807, 2.05) is 42.5 Å². The van der Waals surface area contributed by atoms with Crippen LogP contribution in [0.2, 0.25) is 0 Å². The number of nitrogens with one attached hydrogen (secondary N) is 1. The summed E-state index contributed by atoms with van der Waals surface area (Å²) in [5.74, 6) is 2.25. The number of ether oxygens (including phenoxy) is 2. The number of fused-ring (bicyclic) bond motifs is 1. The third kappa shape index (κ3) is 5.16. The van der Waals surface area contributed by atoms with Crippen molar-refractivity contribution in [2.24, 2.45) is 5.92 Å². The van der Waals surface area contributed by atoms with Gasteiger partial charge in [0.25, 0.3) is 0 Å². The molecule has 1 saturated heterocycles. The monoisotopic (exact) mass is 490 g/mol. The summed E-state index contributed by atoms with van der Waals surface area (Å²) >= 11 is 0. The number of likely N-dealkylation sites (tertiary alicyclic amines) is 1. The number of aliphatic hydroxyl groups is 1. The van der Waals surface area contributed by atoms with Crippen LogP contribution in [0.15, 0.2) is 54.6 Å². The predicted octanol–water partition coefficient (Wildman–Crippen LogP) is 4.17. The van der Waals surface area contributed by atoms with E-state index >= 15 is 0 Å². The fraction of sp³-hybridized carbons (Fsp3) is 0.500. The topological polar surface area (TPSA) is 71.0 Å². The van der Waals surface area contributed by atoms with Crippen LogP contribution in [0, 0.1) is 5.92 Å². The molecule has 0 aromatic heterocycles. The van der Waals surface area contributed by atoms with Gasteiger partial charge in [0.2, 0.25) is 5.91 Å². The molecule has 6 nitrogen and oxygen atoms in total. The lowest BCUT2D eigenvalue weighted by atomic mass is 9.55. The van der Waals surface area contributed by atoms with E-state index in [1.165, 1.54) is 12.8 Å². The molecule has 2 aromatic rings. The summed E-state index contributed by atoms with van der Waals surface area (Å²) in [4.78, 5) is 15.3. The van der Waals surface area contributed by atoms with Gasteiger partial charge < -0.3 is 24.8 Å². The molecule has 0 spiro atoms. The van der Waals surface area contributed by atoms with E-state index in [0.29, 0.717) is 19.4 Å². The zero-order valence-electron chi connectivity index (χ0n) is 21.4. The minimum atomic E-state index is -0.829. The first-order valence-electron chi connectivity index (χ1n) is 13.1. The zero-order valence-corrected chi connectivity index (χ0v) is 21.4. The highest BCUT2D eigenvalue weighted by Crippen LogP contribution is 2.52. The van der Waals surface area contributed by atoms with Crippen LogP contribution >= 0.6 is 0 Å². The highest BCUT2D eigenvalue weighted by molar-refractivity contribution is 5.92. The number of carbonyl (C=O) groups is 1. The summed E-state index contributed by atoms with van der Waals surface area (Å²) in [5.41, 5.74) is 0.776. The summed E-state index contributed by atoms with van der Waals surface area (Å²) in [6.45, 7) is 2.75. The van der Waals surface area contributed by atoms with Crippen LogP contribution in [0.4, 0.5) is 0 Å². The molecule has 1 amide bonds. The van der Waals surface area contributed by atoms with Crippen LogP contribution in [0.1, 0.15) is 49.7 Å². The Morgan fingerprint density at radius 3 is 2.58 bits per heavy atom. The van der Waals surface area contributed by atoms with Crippen molar-refractivity contribution in [1.29, 1.82) is 0 Å². The molecule has 6 heteroatoms. The van der Waals surface area contributed by atoms with Crippen molar-refractivity contribution >= 4 is 12.0 Å². The van der Waals surface area contributed by atoms with Gasteiger partial charge in [0, 0.05) is 30.6 Å². The molecule has 2 N–H and O–H groups in total. The lowest BCUT2D eigenvalue weighted by Crippen LogP contribution is -2.67. The second-order valence-electron chi connectivity index (χ2n) is 10.8. The van der Waals surface area contributed by atoms with E-state index in [4.69, 9.17) is 9.47 Å². The van der Waals surface area contributed by atoms with Gasteiger partial charge in [-0.2, -0.15) is 0 Å². The van der Waals surface area contributed by atoms with E-state index in [1.54, 1.807) is 20.3 Å². The molecule has 0 radical (unpaired) electrons. The smallest absolute Gasteiger partial charge is 0.244 e. The van der Waals surface area contributed by atoms with Crippen LogP contribution in [-0.4, -0.2) is 61.4 Å². The SMILES string of the molecule is COc1cccc(/C=C/C(=O)NC2CCC3(O)CN(CC4CC4)CCC3(c3cccc(OC)c3)C2)c1. The maximum Gasteiger partial charge on any atom is 0.244 e. The number of hydrogen-bond donors (Lipinski definition) is 2. The molecule has 0 bridgehead atoms. The predicted molar refractivity (Wildman–Crippen MR) is 141 cm³/mol. The summed E-state index contributed by atoms with van der Waals surface area (Å²) in [5, 5.41) is 15.4. The molecule has 2 aliphatic carbocycles. The van der Waals surface area contributed by atoms with E-state index in [9.17, 15) is 9.90 Å². The number of benzene rings is 2. The molecular weight excluding hydrogens is 452 g/mol. The standard InChI is InChI=1S/C30H38N2O4/c1-35-26-7-3-5-22(17-26)11-12-28(33)31-25-13-14-30(34)21-32(20-23-9-10-23)16-15-29(30,19-25)24-6-4-8-27(18-24)36-2/h3-8,11-12,17-18,23,25,34H,9-10,13-16,19-21H2,1-2H3,(H,31,33)/b12-11+. The largest absolute Gasteiger partial charge is 0.497 e. The normalized spacial score (nSPS) is 28.5. The fourth-order valence-electron chi connectivity index (χ4n) is 6.29. The Morgan fingerprint density at radius 2 is 1.83 bits per heavy atom. The molecule has 1 heterocycles. The highest BCUT2D eigenvalue weighted by Gasteiger charge is 2.57. The van der Waals surface area contributed by atoms with Gasteiger partial charge in [0.1, 0.15) is 11.5 Å². The van der Waals surface area contributed by atoms with E-state index in [0.717, 1.165) is 54.5 Å². The second kappa shape index (κ2) is 10.3. The number of nitrogens with zero attached hydrogens (tertiary/aromatic N) is 1. The summed E-state index contributed by atoms with van der Waals surface area (Å²) in [6, 6.07) is 15.8. The second-order valence-corrected chi connectivity index (χ2v) is 10.8. The van der Waals surface area contributed by atoms with Crippen LogP contribution in [0.25, 0.3) is 6.08 Å². The van der Waals surface area contributed by atoms with Crippen molar-refractivity contribution in [3.63, 3.8) is 0 Å². The van der Waals surface area contributed by atoms with Gasteiger partial charge in [-0.1, -0.05) is 24.3 Å². The Bertz CT molecular complexity index is 1110. The van der Waals surface area contributed by atoms with Crippen molar-refractivity contribution in [2.45, 2.75) is 55.6 Å². The molecule has 3 unspecified atom stereocenters. The molecule has 3 aliphatic rings. The molecule has 1 aliphatic heterocycles. The fourth-order valence-corrected chi connectivity index (χ4v) is 6.29. The van der Waals surface area contributed by atoms with Gasteiger partial charge >= 0.3 is 0 Å². The lowest BCUT2D eigenvalue weighted by Gasteiger charge is -2.58. The number of rotatable bonds is 8. The first kappa shape index (κ1) is 24.8. The van der Waals surface area contributed by atoms with Crippen molar-refractivity contribution in [3.8, 4) is 11.5 Å². The Balaban J connectivity index is 1.35. The molecule has 192 valence electrons. The van der Waals surface area contributed by atoms with E-state index < -0.39 is 11.0 Å². The number of methoxy groups -OCH3 is 2. The third-order valence-electron chi connectivity index (χ3n) is 8.43. The van der Waals surface area contributed by atoms with Gasteiger partial charge in [-0.25, -0.2) is 0 Å². The van der Waals surface area contributed by atoms with Crippen molar-refractivity contribution in [2.75, 3.05) is 33.9 Å². The van der Waals surface area contributed by atoms with Gasteiger partial charge in [-0.05, 0) is 92.5 Å². The Kier molecular flexibility index (Phi) is 7.09. The van der Waals surface area contributed by atoms with Crippen molar-refractivity contribution in [1.82, 2.24) is 10.2 Å². The summed E-state index contributed by atoms with van der Waals surface area (Å²) in [6.07, 6.45) is 9.04. The Labute approximate surface area is 214 Å². The molecular formula is C30H38N2O4. The summed E-state index contributed by atoms with van der Waals surface area (Å²) < 4.78 is 10.8. The minimum absolute atomic E-state index is 0.00563. The molecule has 5 rings (SSSR count). The van der Waals surface area contributed by atoms with Crippen molar-refractivity contribution in [3.05, 3.63) is 65.7 Å². The number of β-amino-alcohol motifs (C(OH)–C–C–N with tert-alkyl or cyclic N) is 1. The molecule has 2 saturated carbocycles. The number of hydrogen-bond acceptors (Lipinski definition) is 5. The molecule has 3 atom stereocenters. The maximum atomic E-state index is 12.9. The van der Waals surface area contributed by atoms with Gasteiger partial charge in [-0.3, -0.25) is 4.79 Å². The van der Waals surface area contributed by atoms with Crippen LogP contribution in [0.5, 0.6) is 11.5 Å².